The molecule has 0 aliphatic carbocycles. The van der Waals surface area contributed by atoms with Gasteiger partial charge in [-0.3, -0.25) is 4.79 Å². The lowest BCUT2D eigenvalue weighted by atomic mass is 10.1. The number of nitrogens with zero attached hydrogens (tertiary/aromatic N) is 2. The van der Waals surface area contributed by atoms with Gasteiger partial charge in [-0.15, -0.1) is 0 Å². The molecule has 0 atom stereocenters. The molecule has 0 unspecified atom stereocenters. The fourth-order valence-electron chi connectivity index (χ4n) is 3.14. The van der Waals surface area contributed by atoms with Crippen LogP contribution in [0.25, 0.3) is 16.5 Å². The molecule has 0 aliphatic rings. The van der Waals surface area contributed by atoms with Gasteiger partial charge in [0.05, 0.1) is 0 Å². The first-order valence-electron chi connectivity index (χ1n) is 9.17. The van der Waals surface area contributed by atoms with Crippen LogP contribution in [-0.2, 0) is 11.3 Å². The van der Waals surface area contributed by atoms with Gasteiger partial charge in [0.1, 0.15) is 11.6 Å². The number of nitrogens with one attached hydrogen (secondary N) is 1. The van der Waals surface area contributed by atoms with Crippen LogP contribution in [0.1, 0.15) is 11.4 Å². The average molecular weight is 371 g/mol. The maximum atomic E-state index is 12.2. The van der Waals surface area contributed by atoms with Crippen molar-refractivity contribution in [3.63, 3.8) is 0 Å². The lowest BCUT2D eigenvalue weighted by Crippen LogP contribution is -2.28. The Bertz CT molecular complexity index is 1100. The number of fused-ring (bicyclic) bond motifs is 1. The van der Waals surface area contributed by atoms with Crippen molar-refractivity contribution in [1.29, 1.82) is 0 Å². The zero-order valence-electron chi connectivity index (χ0n) is 15.6. The highest BCUT2D eigenvalue weighted by atomic mass is 16.5. The lowest BCUT2D eigenvalue weighted by Gasteiger charge is -2.10. The average Bonchev–Trinajstić information content (AvgIpc) is 3.17. The molecule has 0 fully saturated rings. The SMILES string of the molecule is Cc1nccn1-c1ccc(CNC(=O)COc2cccc3ccccc23)cc1. The second kappa shape index (κ2) is 7.96. The highest BCUT2D eigenvalue weighted by molar-refractivity contribution is 5.88. The van der Waals surface area contributed by atoms with Crippen molar-refractivity contribution >= 4 is 16.7 Å². The Morgan fingerprint density at radius 1 is 1.04 bits per heavy atom. The van der Waals surface area contributed by atoms with E-state index in [0.29, 0.717) is 12.3 Å². The zero-order chi connectivity index (χ0) is 19.3. The predicted molar refractivity (Wildman–Crippen MR) is 110 cm³/mol. The van der Waals surface area contributed by atoms with Crippen LogP contribution in [0.4, 0.5) is 0 Å². The van der Waals surface area contributed by atoms with Gasteiger partial charge in [-0.2, -0.15) is 0 Å². The summed E-state index contributed by atoms with van der Waals surface area (Å²) in [6.07, 6.45) is 3.70. The van der Waals surface area contributed by atoms with Crippen LogP contribution < -0.4 is 10.1 Å². The van der Waals surface area contributed by atoms with Crippen molar-refractivity contribution in [1.82, 2.24) is 14.9 Å². The fourth-order valence-corrected chi connectivity index (χ4v) is 3.14. The summed E-state index contributed by atoms with van der Waals surface area (Å²) >= 11 is 0. The van der Waals surface area contributed by atoms with E-state index in [1.807, 2.05) is 84.4 Å². The van der Waals surface area contributed by atoms with E-state index in [1.54, 1.807) is 6.20 Å². The van der Waals surface area contributed by atoms with Crippen LogP contribution in [0.2, 0.25) is 0 Å². The number of benzene rings is 3. The van der Waals surface area contributed by atoms with Crippen molar-refractivity contribution in [2.24, 2.45) is 0 Å². The molecule has 1 amide bonds. The van der Waals surface area contributed by atoms with E-state index < -0.39 is 0 Å². The summed E-state index contributed by atoms with van der Waals surface area (Å²) in [6.45, 7) is 2.41. The summed E-state index contributed by atoms with van der Waals surface area (Å²) in [4.78, 5) is 16.4. The van der Waals surface area contributed by atoms with Crippen LogP contribution in [0.15, 0.2) is 79.1 Å². The number of imidazole rings is 1. The number of aryl methyl sites for hydroxylation is 1. The van der Waals surface area contributed by atoms with E-state index in [9.17, 15) is 4.79 Å². The summed E-state index contributed by atoms with van der Waals surface area (Å²) in [7, 11) is 0. The molecule has 0 saturated carbocycles. The molecule has 0 radical (unpaired) electrons. The molecule has 0 bridgehead atoms. The second-order valence-corrected chi connectivity index (χ2v) is 6.55. The molecule has 4 aromatic rings. The standard InChI is InChI=1S/C23H21N3O2/c1-17-24-13-14-26(17)20-11-9-18(10-12-20)15-25-23(27)16-28-22-8-4-6-19-5-2-3-7-21(19)22/h2-14H,15-16H2,1H3,(H,25,27). The first kappa shape index (κ1) is 17.8. The lowest BCUT2D eigenvalue weighted by molar-refractivity contribution is -0.123. The Labute approximate surface area is 163 Å². The van der Waals surface area contributed by atoms with Crippen LogP contribution in [0.3, 0.4) is 0 Å². The van der Waals surface area contributed by atoms with Crippen molar-refractivity contribution in [3.8, 4) is 11.4 Å². The molecule has 4 rings (SSSR count). The molecular weight excluding hydrogens is 350 g/mol. The minimum Gasteiger partial charge on any atom is -0.483 e. The minimum atomic E-state index is -0.150. The van der Waals surface area contributed by atoms with Crippen molar-refractivity contribution in [2.45, 2.75) is 13.5 Å². The molecule has 3 aromatic carbocycles. The molecule has 5 nitrogen and oxygen atoms in total. The number of carbonyl (C=O) groups excluding carboxylic acids is 1. The Hall–Kier alpha value is -3.60. The van der Waals surface area contributed by atoms with E-state index >= 15 is 0 Å². The van der Waals surface area contributed by atoms with Gasteiger partial charge in [0.2, 0.25) is 0 Å². The van der Waals surface area contributed by atoms with E-state index in [1.165, 1.54) is 0 Å². The van der Waals surface area contributed by atoms with E-state index in [0.717, 1.165) is 27.8 Å². The minimum absolute atomic E-state index is 0.0136. The first-order valence-corrected chi connectivity index (χ1v) is 9.17. The summed E-state index contributed by atoms with van der Waals surface area (Å²) < 4.78 is 7.74. The molecule has 0 aliphatic heterocycles. The number of ether oxygens (including phenoxy) is 1. The topological polar surface area (TPSA) is 56.2 Å². The highest BCUT2D eigenvalue weighted by Crippen LogP contribution is 2.24. The smallest absolute Gasteiger partial charge is 0.258 e. The second-order valence-electron chi connectivity index (χ2n) is 6.55. The quantitative estimate of drug-likeness (QED) is 0.557. The highest BCUT2D eigenvalue weighted by Gasteiger charge is 2.06. The van der Waals surface area contributed by atoms with Crippen molar-refractivity contribution < 1.29 is 9.53 Å². The number of amides is 1. The summed E-state index contributed by atoms with van der Waals surface area (Å²) in [5.41, 5.74) is 2.07. The monoisotopic (exact) mass is 371 g/mol. The molecule has 1 N–H and O–H groups in total. The third kappa shape index (κ3) is 3.88. The van der Waals surface area contributed by atoms with Crippen molar-refractivity contribution in [2.75, 3.05) is 6.61 Å². The van der Waals surface area contributed by atoms with Crippen LogP contribution >= 0.6 is 0 Å². The van der Waals surface area contributed by atoms with Crippen LogP contribution in [-0.4, -0.2) is 22.1 Å². The molecule has 1 heterocycles. The number of aromatic nitrogens is 2. The molecule has 140 valence electrons. The predicted octanol–water partition coefficient (Wildman–Crippen LogP) is 4.03. The number of carbonyl (C=O) groups is 1. The van der Waals surface area contributed by atoms with E-state index in [-0.39, 0.29) is 12.5 Å². The zero-order valence-corrected chi connectivity index (χ0v) is 15.6. The Morgan fingerprint density at radius 3 is 2.61 bits per heavy atom. The first-order chi connectivity index (χ1) is 13.7. The molecule has 0 spiro atoms. The van der Waals surface area contributed by atoms with Gasteiger partial charge < -0.3 is 14.6 Å². The Balaban J connectivity index is 1.32. The normalized spacial score (nSPS) is 10.8. The Kier molecular flexibility index (Phi) is 5.06. The third-order valence-corrected chi connectivity index (χ3v) is 4.64. The summed E-state index contributed by atoms with van der Waals surface area (Å²) in [6, 6.07) is 21.8. The van der Waals surface area contributed by atoms with Gasteiger partial charge in [-0.1, -0.05) is 48.5 Å². The van der Waals surface area contributed by atoms with E-state index in [4.69, 9.17) is 4.74 Å². The molecular formula is C23H21N3O2. The number of hydrogen-bond acceptors (Lipinski definition) is 3. The van der Waals surface area contributed by atoms with Crippen LogP contribution in [0.5, 0.6) is 5.75 Å². The molecule has 5 heteroatoms. The van der Waals surface area contributed by atoms with E-state index in [2.05, 4.69) is 10.3 Å². The van der Waals surface area contributed by atoms with Gasteiger partial charge in [0, 0.05) is 30.0 Å². The summed E-state index contributed by atoms with van der Waals surface area (Å²) in [5, 5.41) is 4.99. The Morgan fingerprint density at radius 2 is 1.82 bits per heavy atom. The van der Waals surface area contributed by atoms with Gasteiger partial charge in [-0.05, 0) is 36.1 Å². The third-order valence-electron chi connectivity index (χ3n) is 4.64. The molecule has 0 saturated heterocycles. The van der Waals surface area contributed by atoms with Gasteiger partial charge in [0.15, 0.2) is 6.61 Å². The van der Waals surface area contributed by atoms with Crippen molar-refractivity contribution in [3.05, 3.63) is 90.5 Å². The maximum Gasteiger partial charge on any atom is 0.258 e. The van der Waals surface area contributed by atoms with Crippen LogP contribution in [0, 0.1) is 6.92 Å². The van der Waals surface area contributed by atoms with Gasteiger partial charge >= 0.3 is 0 Å². The maximum absolute atomic E-state index is 12.2. The van der Waals surface area contributed by atoms with Gasteiger partial charge in [-0.25, -0.2) is 4.98 Å². The largest absolute Gasteiger partial charge is 0.483 e. The summed E-state index contributed by atoms with van der Waals surface area (Å²) in [5.74, 6) is 1.50. The van der Waals surface area contributed by atoms with Gasteiger partial charge in [0.25, 0.3) is 5.91 Å². The number of hydrogen-bond donors (Lipinski definition) is 1. The fraction of sp³-hybridized carbons (Fsp3) is 0.130. The molecule has 1 aromatic heterocycles. The molecule has 28 heavy (non-hydrogen) atoms. The number of rotatable bonds is 6.